The number of halogens is 1. The van der Waals surface area contributed by atoms with Gasteiger partial charge < -0.3 is 9.47 Å². The summed E-state index contributed by atoms with van der Waals surface area (Å²) in [6, 6.07) is 31.3. The Bertz CT molecular complexity index is 1390. The fourth-order valence-electron chi connectivity index (χ4n) is 3.61. The number of nitrogens with zero attached hydrogens (tertiary/aromatic N) is 1. The molecule has 0 atom stereocenters. The van der Waals surface area contributed by atoms with Crippen LogP contribution >= 0.6 is 0 Å². The van der Waals surface area contributed by atoms with E-state index in [0.29, 0.717) is 5.75 Å². The van der Waals surface area contributed by atoms with Gasteiger partial charge in [0.1, 0.15) is 18.2 Å². The van der Waals surface area contributed by atoms with Gasteiger partial charge in [0.25, 0.3) is 0 Å². The second-order valence-corrected chi connectivity index (χ2v) is 7.77. The van der Waals surface area contributed by atoms with Gasteiger partial charge in [0.2, 0.25) is 5.90 Å². The van der Waals surface area contributed by atoms with Gasteiger partial charge in [0, 0.05) is 5.56 Å². The summed E-state index contributed by atoms with van der Waals surface area (Å²) in [6.07, 6.45) is 1.66. The highest BCUT2D eigenvalue weighted by Gasteiger charge is 2.24. The fourth-order valence-corrected chi connectivity index (χ4v) is 3.61. The summed E-state index contributed by atoms with van der Waals surface area (Å²) in [7, 11) is 0. The summed E-state index contributed by atoms with van der Waals surface area (Å²) in [5, 5.41) is 0. The number of esters is 1. The molecule has 5 rings (SSSR count). The molecule has 0 amide bonds. The summed E-state index contributed by atoms with van der Waals surface area (Å²) < 4.78 is 24.5. The maximum atomic E-state index is 13.4. The third-order valence-corrected chi connectivity index (χ3v) is 5.32. The summed E-state index contributed by atoms with van der Waals surface area (Å²) in [5.74, 6) is 0.0657. The second-order valence-electron chi connectivity index (χ2n) is 7.77. The lowest BCUT2D eigenvalue weighted by atomic mass is 10.0. The minimum absolute atomic E-state index is 0.212. The van der Waals surface area contributed by atoms with Crippen LogP contribution in [-0.2, 0) is 16.1 Å². The topological polar surface area (TPSA) is 47.9 Å². The normalized spacial score (nSPS) is 14.1. The molecule has 34 heavy (non-hydrogen) atoms. The van der Waals surface area contributed by atoms with Crippen LogP contribution in [0.1, 0.15) is 16.7 Å². The van der Waals surface area contributed by atoms with Crippen molar-refractivity contribution in [3.63, 3.8) is 0 Å². The van der Waals surface area contributed by atoms with Crippen molar-refractivity contribution in [2.45, 2.75) is 6.61 Å². The minimum Gasteiger partial charge on any atom is -0.489 e. The number of hydrogen-bond acceptors (Lipinski definition) is 4. The van der Waals surface area contributed by atoms with Gasteiger partial charge in [-0.1, -0.05) is 66.7 Å². The van der Waals surface area contributed by atoms with Crippen LogP contribution in [0, 0.1) is 5.82 Å². The Balaban J connectivity index is 1.31. The summed E-state index contributed by atoms with van der Waals surface area (Å²) in [5.41, 5.74) is 4.59. The Labute approximate surface area is 196 Å². The summed E-state index contributed by atoms with van der Waals surface area (Å²) >= 11 is 0. The molecule has 0 fully saturated rings. The molecule has 0 saturated carbocycles. The Morgan fingerprint density at radius 1 is 0.794 bits per heavy atom. The van der Waals surface area contributed by atoms with Crippen molar-refractivity contribution < 1.29 is 18.7 Å². The zero-order chi connectivity index (χ0) is 23.3. The van der Waals surface area contributed by atoms with E-state index in [2.05, 4.69) is 4.99 Å². The van der Waals surface area contributed by atoms with Crippen LogP contribution < -0.4 is 4.74 Å². The molecule has 4 nitrogen and oxygen atoms in total. The third kappa shape index (κ3) is 4.94. The first-order chi connectivity index (χ1) is 16.6. The lowest BCUT2D eigenvalue weighted by Crippen LogP contribution is -2.05. The number of ether oxygens (including phenoxy) is 2. The van der Waals surface area contributed by atoms with Crippen LogP contribution in [0.2, 0.25) is 0 Å². The van der Waals surface area contributed by atoms with E-state index in [4.69, 9.17) is 9.47 Å². The Kier molecular flexibility index (Phi) is 5.99. The maximum Gasteiger partial charge on any atom is 0.363 e. The van der Waals surface area contributed by atoms with Gasteiger partial charge in [0.05, 0.1) is 0 Å². The van der Waals surface area contributed by atoms with Crippen LogP contribution in [-0.4, -0.2) is 11.9 Å². The van der Waals surface area contributed by atoms with E-state index in [1.807, 2.05) is 66.7 Å². The SMILES string of the molecule is O=C1OC(c2ccc(-c3ccccc3)cc2)=N/C1=C\c1cccc(OCc2cccc(F)c2)c1. The second kappa shape index (κ2) is 9.55. The largest absolute Gasteiger partial charge is 0.489 e. The number of carbonyl (C=O) groups is 1. The van der Waals surface area contributed by atoms with Gasteiger partial charge in [-0.25, -0.2) is 14.2 Å². The van der Waals surface area contributed by atoms with E-state index in [-0.39, 0.29) is 24.0 Å². The number of carbonyl (C=O) groups excluding carboxylic acids is 1. The standard InChI is InChI=1S/C29H20FNO3/c30-25-10-4-7-21(16-25)19-33-26-11-5-6-20(17-26)18-27-29(32)34-28(31-27)24-14-12-23(13-15-24)22-8-2-1-3-9-22/h1-18H,19H2/b27-18-. The highest BCUT2D eigenvalue weighted by molar-refractivity contribution is 6.13. The van der Waals surface area contributed by atoms with Crippen molar-refractivity contribution in [3.8, 4) is 16.9 Å². The third-order valence-electron chi connectivity index (χ3n) is 5.32. The summed E-state index contributed by atoms with van der Waals surface area (Å²) in [4.78, 5) is 16.8. The molecular weight excluding hydrogens is 429 g/mol. The Hall–Kier alpha value is -4.51. The first-order valence-corrected chi connectivity index (χ1v) is 10.8. The Morgan fingerprint density at radius 2 is 1.53 bits per heavy atom. The van der Waals surface area contributed by atoms with Crippen molar-refractivity contribution in [1.82, 2.24) is 0 Å². The first-order valence-electron chi connectivity index (χ1n) is 10.8. The minimum atomic E-state index is -0.506. The highest BCUT2D eigenvalue weighted by Crippen LogP contribution is 2.24. The predicted molar refractivity (Wildman–Crippen MR) is 130 cm³/mol. The Morgan fingerprint density at radius 3 is 2.32 bits per heavy atom. The van der Waals surface area contributed by atoms with Crippen LogP contribution in [0.3, 0.4) is 0 Å². The van der Waals surface area contributed by atoms with E-state index in [1.54, 1.807) is 30.3 Å². The predicted octanol–water partition coefficient (Wildman–Crippen LogP) is 6.42. The van der Waals surface area contributed by atoms with E-state index < -0.39 is 5.97 Å². The lowest BCUT2D eigenvalue weighted by molar-refractivity contribution is -0.129. The lowest BCUT2D eigenvalue weighted by Gasteiger charge is -2.07. The molecule has 0 N–H and O–H groups in total. The van der Waals surface area contributed by atoms with Gasteiger partial charge in [-0.2, -0.15) is 0 Å². The number of benzene rings is 4. The number of hydrogen-bond donors (Lipinski definition) is 0. The molecule has 0 aromatic heterocycles. The highest BCUT2D eigenvalue weighted by atomic mass is 19.1. The van der Waals surface area contributed by atoms with E-state index >= 15 is 0 Å². The molecule has 0 spiro atoms. The molecule has 5 heteroatoms. The zero-order valence-corrected chi connectivity index (χ0v) is 18.1. The van der Waals surface area contributed by atoms with Gasteiger partial charge in [-0.15, -0.1) is 0 Å². The quantitative estimate of drug-likeness (QED) is 0.252. The van der Waals surface area contributed by atoms with Crippen molar-refractivity contribution in [1.29, 1.82) is 0 Å². The van der Waals surface area contributed by atoms with Crippen molar-refractivity contribution in [3.05, 3.63) is 131 Å². The average Bonchev–Trinajstić information content (AvgIpc) is 3.23. The van der Waals surface area contributed by atoms with Crippen LogP contribution in [0.4, 0.5) is 4.39 Å². The van der Waals surface area contributed by atoms with Crippen molar-refractivity contribution in [2.24, 2.45) is 4.99 Å². The van der Waals surface area contributed by atoms with Gasteiger partial charge >= 0.3 is 5.97 Å². The number of rotatable bonds is 6. The summed E-state index contributed by atoms with van der Waals surface area (Å²) in [6.45, 7) is 0.237. The van der Waals surface area contributed by atoms with Crippen molar-refractivity contribution in [2.75, 3.05) is 0 Å². The molecule has 1 heterocycles. The van der Waals surface area contributed by atoms with Crippen LogP contribution in [0.15, 0.2) is 114 Å². The molecule has 166 valence electrons. The molecule has 0 saturated heterocycles. The molecule has 0 aliphatic carbocycles. The maximum absolute atomic E-state index is 13.4. The van der Waals surface area contributed by atoms with Crippen LogP contribution in [0.5, 0.6) is 5.75 Å². The molecule has 4 aromatic rings. The smallest absolute Gasteiger partial charge is 0.363 e. The van der Waals surface area contributed by atoms with Gasteiger partial charge in [0.15, 0.2) is 5.70 Å². The molecule has 0 unspecified atom stereocenters. The zero-order valence-electron chi connectivity index (χ0n) is 18.1. The first kappa shape index (κ1) is 21.3. The van der Waals surface area contributed by atoms with Gasteiger partial charge in [-0.3, -0.25) is 0 Å². The van der Waals surface area contributed by atoms with E-state index in [1.165, 1.54) is 12.1 Å². The molecule has 4 aromatic carbocycles. The number of cyclic esters (lactones) is 1. The van der Waals surface area contributed by atoms with Crippen molar-refractivity contribution >= 4 is 17.9 Å². The molecule has 0 radical (unpaired) electrons. The molecule has 1 aliphatic rings. The fraction of sp³-hybridized carbons (Fsp3) is 0.0345. The number of aliphatic imine (C=N–C) groups is 1. The molecule has 1 aliphatic heterocycles. The molecule has 0 bridgehead atoms. The van der Waals surface area contributed by atoms with Gasteiger partial charge in [-0.05, 0) is 64.7 Å². The molecular formula is C29H20FNO3. The monoisotopic (exact) mass is 449 g/mol. The van der Waals surface area contributed by atoms with E-state index in [9.17, 15) is 9.18 Å². The van der Waals surface area contributed by atoms with E-state index in [0.717, 1.165) is 27.8 Å². The average molecular weight is 449 g/mol. The van der Waals surface area contributed by atoms with Crippen LogP contribution in [0.25, 0.3) is 17.2 Å².